The second-order valence-corrected chi connectivity index (χ2v) is 9.14. The number of nitrogens with zero attached hydrogens (tertiary/aromatic N) is 2. The van der Waals surface area contributed by atoms with Crippen molar-refractivity contribution < 1.29 is 28.5 Å². The van der Waals surface area contributed by atoms with E-state index in [1.807, 2.05) is 47.4 Å². The van der Waals surface area contributed by atoms with Gasteiger partial charge in [0, 0.05) is 38.3 Å². The van der Waals surface area contributed by atoms with Crippen molar-refractivity contribution in [3.63, 3.8) is 0 Å². The van der Waals surface area contributed by atoms with E-state index in [2.05, 4.69) is 10.2 Å². The summed E-state index contributed by atoms with van der Waals surface area (Å²) in [6, 6.07) is 12.6. The fourth-order valence-corrected chi connectivity index (χ4v) is 4.53. The van der Waals surface area contributed by atoms with Crippen molar-refractivity contribution in [3.05, 3.63) is 53.6 Å². The summed E-state index contributed by atoms with van der Waals surface area (Å²) in [4.78, 5) is 29.9. The van der Waals surface area contributed by atoms with E-state index in [4.69, 9.17) is 24.7 Å². The van der Waals surface area contributed by atoms with Gasteiger partial charge in [0.15, 0.2) is 11.5 Å². The van der Waals surface area contributed by atoms with Gasteiger partial charge in [-0.2, -0.15) is 0 Å². The third-order valence-corrected chi connectivity index (χ3v) is 6.61. The summed E-state index contributed by atoms with van der Waals surface area (Å²) < 4.78 is 21.9. The molecule has 38 heavy (non-hydrogen) atoms. The van der Waals surface area contributed by atoms with Crippen LogP contribution in [0.25, 0.3) is 0 Å². The van der Waals surface area contributed by atoms with Crippen LogP contribution in [0.2, 0.25) is 0 Å². The molecule has 0 aliphatic carbocycles. The van der Waals surface area contributed by atoms with Gasteiger partial charge in [0.1, 0.15) is 12.6 Å². The van der Waals surface area contributed by atoms with Gasteiger partial charge in [-0.1, -0.05) is 36.4 Å². The summed E-state index contributed by atoms with van der Waals surface area (Å²) in [5.41, 5.74) is 7.51. The number of nitrogens with one attached hydrogen (secondary N) is 1. The molecule has 10 nitrogen and oxygen atoms in total. The van der Waals surface area contributed by atoms with Crippen LogP contribution in [0.1, 0.15) is 30.4 Å². The topological polar surface area (TPSA) is 116 Å². The summed E-state index contributed by atoms with van der Waals surface area (Å²) in [7, 11) is 4.79. The van der Waals surface area contributed by atoms with Gasteiger partial charge >= 0.3 is 6.09 Å². The number of benzene rings is 2. The summed E-state index contributed by atoms with van der Waals surface area (Å²) >= 11 is 0. The molecule has 3 N–H and O–H groups in total. The van der Waals surface area contributed by atoms with Crippen molar-refractivity contribution in [2.45, 2.75) is 38.5 Å². The molecule has 1 heterocycles. The normalized spacial score (nSPS) is 14.5. The molecule has 0 unspecified atom stereocenters. The van der Waals surface area contributed by atoms with Gasteiger partial charge in [0.2, 0.25) is 11.7 Å². The molecular weight excluding hydrogens is 488 g/mol. The standard InChI is InChI=1S/C28H40N4O6/c1-35-24-13-12-22(25(36-2)26(24)37-3)19-31-15-17-32(18-16-31)27(33)23(11-7-8-14-29)30-28(34)38-20-21-9-5-4-6-10-21/h4-6,9-10,12-13,23H,7-8,11,14-20,29H2,1-3H3,(H,30,34)/t23-/m0/s1. The molecule has 1 saturated heterocycles. The highest BCUT2D eigenvalue weighted by Crippen LogP contribution is 2.40. The Labute approximate surface area is 225 Å². The molecular formula is C28H40N4O6. The zero-order valence-electron chi connectivity index (χ0n) is 22.6. The minimum atomic E-state index is -0.651. The van der Waals surface area contributed by atoms with Crippen molar-refractivity contribution in [1.82, 2.24) is 15.1 Å². The average Bonchev–Trinajstić information content (AvgIpc) is 2.95. The first-order valence-corrected chi connectivity index (χ1v) is 13.0. The molecule has 1 aliphatic heterocycles. The predicted molar refractivity (Wildman–Crippen MR) is 144 cm³/mol. The lowest BCUT2D eigenvalue weighted by atomic mass is 10.1. The highest BCUT2D eigenvalue weighted by atomic mass is 16.5. The molecule has 3 rings (SSSR count). The Kier molecular flexibility index (Phi) is 11.5. The van der Waals surface area contributed by atoms with Crippen molar-refractivity contribution in [2.24, 2.45) is 5.73 Å². The fraction of sp³-hybridized carbons (Fsp3) is 0.500. The number of hydrogen-bond acceptors (Lipinski definition) is 8. The Morgan fingerprint density at radius 3 is 2.26 bits per heavy atom. The van der Waals surface area contributed by atoms with E-state index in [1.165, 1.54) is 0 Å². The molecule has 208 valence electrons. The van der Waals surface area contributed by atoms with Crippen LogP contribution in [0.4, 0.5) is 4.79 Å². The molecule has 0 aromatic heterocycles. The number of hydrogen-bond donors (Lipinski definition) is 2. The lowest BCUT2D eigenvalue weighted by Crippen LogP contribution is -2.54. The molecule has 2 aromatic rings. The van der Waals surface area contributed by atoms with Crippen LogP contribution < -0.4 is 25.3 Å². The van der Waals surface area contributed by atoms with E-state index >= 15 is 0 Å². The highest BCUT2D eigenvalue weighted by molar-refractivity contribution is 5.85. The number of piperazine rings is 1. The van der Waals surface area contributed by atoms with E-state index < -0.39 is 12.1 Å². The molecule has 0 saturated carbocycles. The third-order valence-electron chi connectivity index (χ3n) is 6.61. The summed E-state index contributed by atoms with van der Waals surface area (Å²) in [5.74, 6) is 1.72. The molecule has 0 radical (unpaired) electrons. The first kappa shape index (κ1) is 29.1. The van der Waals surface area contributed by atoms with E-state index in [-0.39, 0.29) is 12.5 Å². The number of unbranched alkanes of at least 4 members (excludes halogenated alkanes) is 1. The first-order chi connectivity index (χ1) is 18.5. The third kappa shape index (κ3) is 8.00. The minimum absolute atomic E-state index is 0.0953. The van der Waals surface area contributed by atoms with Gasteiger partial charge in [-0.15, -0.1) is 0 Å². The van der Waals surface area contributed by atoms with Gasteiger partial charge in [-0.25, -0.2) is 4.79 Å². The smallest absolute Gasteiger partial charge is 0.408 e. The molecule has 10 heteroatoms. The number of amides is 2. The van der Waals surface area contributed by atoms with Gasteiger partial charge in [-0.3, -0.25) is 9.69 Å². The Hall–Kier alpha value is -3.50. The highest BCUT2D eigenvalue weighted by Gasteiger charge is 2.29. The largest absolute Gasteiger partial charge is 0.493 e. The maximum atomic E-state index is 13.4. The van der Waals surface area contributed by atoms with E-state index in [9.17, 15) is 9.59 Å². The maximum Gasteiger partial charge on any atom is 0.408 e. The summed E-state index contributed by atoms with van der Waals surface area (Å²) in [6.45, 7) is 3.83. The van der Waals surface area contributed by atoms with Crippen molar-refractivity contribution in [3.8, 4) is 17.2 Å². The zero-order valence-corrected chi connectivity index (χ0v) is 22.6. The number of rotatable bonds is 13. The second kappa shape index (κ2) is 15.0. The Bertz CT molecular complexity index is 1030. The monoisotopic (exact) mass is 528 g/mol. The number of carbonyl (C=O) groups excluding carboxylic acids is 2. The van der Waals surface area contributed by atoms with E-state index in [1.54, 1.807) is 21.3 Å². The fourth-order valence-electron chi connectivity index (χ4n) is 4.53. The van der Waals surface area contributed by atoms with Crippen LogP contribution in [0.15, 0.2) is 42.5 Å². The van der Waals surface area contributed by atoms with E-state index in [0.29, 0.717) is 62.9 Å². The Balaban J connectivity index is 1.57. The minimum Gasteiger partial charge on any atom is -0.493 e. The zero-order chi connectivity index (χ0) is 27.3. The second-order valence-electron chi connectivity index (χ2n) is 9.14. The molecule has 0 bridgehead atoms. The number of ether oxygens (including phenoxy) is 4. The van der Waals surface area contributed by atoms with Crippen molar-refractivity contribution >= 4 is 12.0 Å². The van der Waals surface area contributed by atoms with Crippen LogP contribution in [0.3, 0.4) is 0 Å². The number of carbonyl (C=O) groups is 2. The van der Waals surface area contributed by atoms with Crippen molar-refractivity contribution in [2.75, 3.05) is 54.1 Å². The SMILES string of the molecule is COc1ccc(CN2CCN(C(=O)[C@H](CCCCN)NC(=O)OCc3ccccc3)CC2)c(OC)c1OC. The van der Waals surface area contributed by atoms with Crippen LogP contribution in [0.5, 0.6) is 17.2 Å². The number of nitrogens with two attached hydrogens (primary N) is 1. The summed E-state index contributed by atoms with van der Waals surface area (Å²) in [6.07, 6.45) is 1.44. The van der Waals surface area contributed by atoms with Gasteiger partial charge < -0.3 is 34.9 Å². The molecule has 2 aromatic carbocycles. The summed E-state index contributed by atoms with van der Waals surface area (Å²) in [5, 5.41) is 2.78. The molecule has 1 atom stereocenters. The quantitative estimate of drug-likeness (QED) is 0.382. The Morgan fingerprint density at radius 2 is 1.63 bits per heavy atom. The van der Waals surface area contributed by atoms with Crippen LogP contribution in [-0.2, 0) is 22.7 Å². The van der Waals surface area contributed by atoms with E-state index in [0.717, 1.165) is 24.0 Å². The lowest BCUT2D eigenvalue weighted by Gasteiger charge is -2.36. The van der Waals surface area contributed by atoms with Crippen LogP contribution >= 0.6 is 0 Å². The predicted octanol–water partition coefficient (Wildman–Crippen LogP) is 2.78. The van der Waals surface area contributed by atoms with Crippen LogP contribution in [-0.4, -0.2) is 81.9 Å². The Morgan fingerprint density at radius 1 is 0.921 bits per heavy atom. The van der Waals surface area contributed by atoms with Gasteiger partial charge in [-0.05, 0) is 37.4 Å². The number of alkyl carbamates (subject to hydrolysis) is 1. The maximum absolute atomic E-state index is 13.4. The molecule has 1 fully saturated rings. The molecule has 0 spiro atoms. The molecule has 2 amide bonds. The van der Waals surface area contributed by atoms with Crippen LogP contribution in [0, 0.1) is 0 Å². The lowest BCUT2D eigenvalue weighted by molar-refractivity contribution is -0.135. The molecule has 1 aliphatic rings. The van der Waals surface area contributed by atoms with Crippen molar-refractivity contribution in [1.29, 1.82) is 0 Å². The van der Waals surface area contributed by atoms with Gasteiger partial charge in [0.25, 0.3) is 0 Å². The first-order valence-electron chi connectivity index (χ1n) is 13.0. The average molecular weight is 529 g/mol. The number of methoxy groups -OCH3 is 3. The van der Waals surface area contributed by atoms with Gasteiger partial charge in [0.05, 0.1) is 21.3 Å².